The first-order chi connectivity index (χ1) is 6.88. The third-order valence-electron chi connectivity index (χ3n) is 2.06. The summed E-state index contributed by atoms with van der Waals surface area (Å²) in [5, 5.41) is 0.645. The van der Waals surface area contributed by atoms with Gasteiger partial charge in [0.05, 0.1) is 29.8 Å². The van der Waals surface area contributed by atoms with Crippen molar-refractivity contribution in [3.05, 3.63) is 24.0 Å². The second kappa shape index (κ2) is 4.63. The van der Waals surface area contributed by atoms with E-state index >= 15 is 0 Å². The number of nitrogen functional groups attached to an aromatic ring is 1. The number of hydrogen-bond acceptors (Lipinski definition) is 5. The molecule has 1 aromatic rings. The number of nitrogens with two attached hydrogens (primary N) is 1. The van der Waals surface area contributed by atoms with Crippen LogP contribution < -0.4 is 11.3 Å². The van der Waals surface area contributed by atoms with Gasteiger partial charge in [-0.1, -0.05) is 0 Å². The van der Waals surface area contributed by atoms with E-state index in [1.54, 1.807) is 6.20 Å². The van der Waals surface area contributed by atoms with Crippen LogP contribution in [0.15, 0.2) is 18.3 Å². The van der Waals surface area contributed by atoms with Crippen molar-refractivity contribution < 1.29 is 4.74 Å². The lowest BCUT2D eigenvalue weighted by molar-refractivity contribution is 0.0455. The minimum absolute atomic E-state index is 0.645. The Morgan fingerprint density at radius 2 is 2.50 bits per heavy atom. The molecule has 0 amide bonds. The molecule has 1 aliphatic heterocycles. The van der Waals surface area contributed by atoms with Gasteiger partial charge in [-0.3, -0.25) is 10.8 Å². The monoisotopic (exact) mass is 211 g/mol. The molecule has 2 rings (SSSR count). The summed E-state index contributed by atoms with van der Waals surface area (Å²) in [6.45, 7) is 1.75. The van der Waals surface area contributed by atoms with Gasteiger partial charge in [-0.2, -0.15) is 0 Å². The number of ether oxygens (including phenoxy) is 1. The van der Waals surface area contributed by atoms with E-state index in [0.29, 0.717) is 5.25 Å². The standard InChI is InChI=1S/C9H13N3OS/c10-12-7-1-2-11-8(3-7)6-14-9-4-13-5-9/h1-3,9H,4-6,10H2,(H,11,12). The highest BCUT2D eigenvalue weighted by Gasteiger charge is 2.18. The van der Waals surface area contributed by atoms with Gasteiger partial charge in [0.25, 0.3) is 0 Å². The molecule has 3 N–H and O–H groups in total. The topological polar surface area (TPSA) is 60.2 Å². The Hall–Kier alpha value is -0.780. The Kier molecular flexibility index (Phi) is 3.23. The lowest BCUT2D eigenvalue weighted by atomic mass is 10.3. The maximum absolute atomic E-state index is 5.31. The molecule has 0 aromatic carbocycles. The zero-order chi connectivity index (χ0) is 9.80. The van der Waals surface area contributed by atoms with Crippen LogP contribution in [0.1, 0.15) is 5.69 Å². The molecule has 1 aromatic heterocycles. The summed E-state index contributed by atoms with van der Waals surface area (Å²) in [7, 11) is 0. The van der Waals surface area contributed by atoms with E-state index in [4.69, 9.17) is 10.6 Å². The number of anilines is 1. The summed E-state index contributed by atoms with van der Waals surface area (Å²) >= 11 is 1.88. The van der Waals surface area contributed by atoms with Crippen LogP contribution in [0.5, 0.6) is 0 Å². The zero-order valence-corrected chi connectivity index (χ0v) is 8.59. The van der Waals surface area contributed by atoms with Gasteiger partial charge >= 0.3 is 0 Å². The second-order valence-electron chi connectivity index (χ2n) is 3.15. The number of pyridine rings is 1. The van der Waals surface area contributed by atoms with Gasteiger partial charge in [-0.15, -0.1) is 11.8 Å². The molecule has 14 heavy (non-hydrogen) atoms. The van der Waals surface area contributed by atoms with Crippen LogP contribution in [0.4, 0.5) is 5.69 Å². The van der Waals surface area contributed by atoms with Gasteiger partial charge in [0, 0.05) is 11.9 Å². The number of rotatable bonds is 4. The molecule has 0 aliphatic carbocycles. The van der Waals surface area contributed by atoms with Crippen molar-refractivity contribution >= 4 is 17.4 Å². The second-order valence-corrected chi connectivity index (χ2v) is 4.44. The summed E-state index contributed by atoms with van der Waals surface area (Å²) in [4.78, 5) is 4.26. The highest BCUT2D eigenvalue weighted by Crippen LogP contribution is 2.23. The van der Waals surface area contributed by atoms with Crippen molar-refractivity contribution in [2.75, 3.05) is 18.6 Å². The predicted molar refractivity (Wildman–Crippen MR) is 57.9 cm³/mol. The van der Waals surface area contributed by atoms with Crippen LogP contribution in [0, 0.1) is 0 Å². The van der Waals surface area contributed by atoms with Gasteiger partial charge in [0.1, 0.15) is 0 Å². The number of aromatic nitrogens is 1. The maximum Gasteiger partial charge on any atom is 0.0608 e. The summed E-state index contributed by atoms with van der Waals surface area (Å²) in [6.07, 6.45) is 1.77. The Morgan fingerprint density at radius 3 is 3.14 bits per heavy atom. The first kappa shape index (κ1) is 9.76. The van der Waals surface area contributed by atoms with E-state index < -0.39 is 0 Å². The quantitative estimate of drug-likeness (QED) is 0.574. The van der Waals surface area contributed by atoms with Crippen molar-refractivity contribution in [3.63, 3.8) is 0 Å². The fourth-order valence-corrected chi connectivity index (χ4v) is 2.11. The molecule has 4 nitrogen and oxygen atoms in total. The molecule has 0 radical (unpaired) electrons. The number of hydrazine groups is 1. The van der Waals surface area contributed by atoms with Crippen molar-refractivity contribution in [3.8, 4) is 0 Å². The van der Waals surface area contributed by atoms with E-state index in [1.165, 1.54) is 0 Å². The SMILES string of the molecule is NNc1ccnc(CSC2COC2)c1. The van der Waals surface area contributed by atoms with Crippen LogP contribution in [-0.2, 0) is 10.5 Å². The van der Waals surface area contributed by atoms with Crippen LogP contribution in [0.2, 0.25) is 0 Å². The first-order valence-electron chi connectivity index (χ1n) is 4.49. The van der Waals surface area contributed by atoms with E-state index in [2.05, 4.69) is 10.4 Å². The zero-order valence-electron chi connectivity index (χ0n) is 7.77. The summed E-state index contributed by atoms with van der Waals surface area (Å²) in [5.41, 5.74) is 4.57. The van der Waals surface area contributed by atoms with Crippen molar-refractivity contribution in [1.29, 1.82) is 0 Å². The van der Waals surface area contributed by atoms with Gasteiger partial charge in [-0.25, -0.2) is 0 Å². The van der Waals surface area contributed by atoms with E-state index in [1.807, 2.05) is 23.9 Å². The molecule has 0 atom stereocenters. The molecule has 0 spiro atoms. The lowest BCUT2D eigenvalue weighted by Crippen LogP contribution is -2.30. The summed E-state index contributed by atoms with van der Waals surface area (Å²) in [5.74, 6) is 6.23. The molecule has 0 bridgehead atoms. The molecule has 0 saturated carbocycles. The molecule has 76 valence electrons. The van der Waals surface area contributed by atoms with Crippen molar-refractivity contribution in [2.24, 2.45) is 5.84 Å². The number of nitrogens with zero attached hydrogens (tertiary/aromatic N) is 1. The highest BCUT2D eigenvalue weighted by molar-refractivity contribution is 7.99. The molecule has 0 unspecified atom stereocenters. The smallest absolute Gasteiger partial charge is 0.0608 e. The van der Waals surface area contributed by atoms with Crippen LogP contribution in [0.25, 0.3) is 0 Å². The van der Waals surface area contributed by atoms with Crippen LogP contribution >= 0.6 is 11.8 Å². The van der Waals surface area contributed by atoms with Gasteiger partial charge in [0.15, 0.2) is 0 Å². The van der Waals surface area contributed by atoms with Crippen molar-refractivity contribution in [2.45, 2.75) is 11.0 Å². The normalized spacial score (nSPS) is 16.4. The molecular formula is C9H13N3OS. The summed E-state index contributed by atoms with van der Waals surface area (Å²) in [6, 6.07) is 3.81. The molecule has 1 fully saturated rings. The molecule has 5 heteroatoms. The predicted octanol–water partition coefficient (Wildman–Crippen LogP) is 0.999. The van der Waals surface area contributed by atoms with E-state index in [-0.39, 0.29) is 0 Å². The fraction of sp³-hybridized carbons (Fsp3) is 0.444. The molecular weight excluding hydrogens is 198 g/mol. The Labute approximate surface area is 87.2 Å². The Bertz CT molecular complexity index is 304. The molecule has 2 heterocycles. The molecule has 1 aliphatic rings. The number of nitrogens with one attached hydrogen (secondary N) is 1. The summed E-state index contributed by atoms with van der Waals surface area (Å²) < 4.78 is 5.09. The van der Waals surface area contributed by atoms with Crippen LogP contribution in [-0.4, -0.2) is 23.4 Å². The average molecular weight is 211 g/mol. The number of hydrogen-bond donors (Lipinski definition) is 2. The van der Waals surface area contributed by atoms with Gasteiger partial charge < -0.3 is 10.2 Å². The van der Waals surface area contributed by atoms with Crippen LogP contribution in [0.3, 0.4) is 0 Å². The first-order valence-corrected chi connectivity index (χ1v) is 5.54. The number of thioether (sulfide) groups is 1. The fourth-order valence-electron chi connectivity index (χ4n) is 1.16. The third-order valence-corrected chi connectivity index (χ3v) is 3.26. The average Bonchev–Trinajstić information content (AvgIpc) is 2.16. The van der Waals surface area contributed by atoms with Gasteiger partial charge in [-0.05, 0) is 12.1 Å². The minimum atomic E-state index is 0.645. The molecule has 1 saturated heterocycles. The maximum atomic E-state index is 5.31. The largest absolute Gasteiger partial charge is 0.379 e. The van der Waals surface area contributed by atoms with E-state index in [0.717, 1.165) is 30.3 Å². The van der Waals surface area contributed by atoms with Gasteiger partial charge in [0.2, 0.25) is 0 Å². The third kappa shape index (κ3) is 2.37. The Balaban J connectivity index is 1.87. The lowest BCUT2D eigenvalue weighted by Gasteiger charge is -2.24. The van der Waals surface area contributed by atoms with E-state index in [9.17, 15) is 0 Å². The highest BCUT2D eigenvalue weighted by atomic mass is 32.2. The van der Waals surface area contributed by atoms with Crippen molar-refractivity contribution in [1.82, 2.24) is 4.98 Å². The Morgan fingerprint density at radius 1 is 1.64 bits per heavy atom. The minimum Gasteiger partial charge on any atom is -0.379 e.